The molecular formula is C52H37N. The van der Waals surface area contributed by atoms with Gasteiger partial charge in [-0.3, -0.25) is 0 Å². The molecule has 250 valence electrons. The van der Waals surface area contributed by atoms with Crippen molar-refractivity contribution in [2.75, 3.05) is 4.90 Å². The summed E-state index contributed by atoms with van der Waals surface area (Å²) in [6.07, 6.45) is 0. The molecule has 0 amide bonds. The summed E-state index contributed by atoms with van der Waals surface area (Å²) in [6.45, 7) is 0. The normalized spacial score (nSPS) is 14.5. The van der Waals surface area contributed by atoms with E-state index in [1.807, 2.05) is 133 Å². The second-order valence-corrected chi connectivity index (χ2v) is 12.4. The average Bonchev–Trinajstić information content (AvgIpc) is 3.35. The number of benzene rings is 9. The molecule has 0 heterocycles. The lowest BCUT2D eigenvalue weighted by atomic mass is 9.97. The first-order chi connectivity index (χ1) is 31.7. The number of fused-ring (bicyclic) bond motifs is 1. The zero-order valence-corrected chi connectivity index (χ0v) is 28.3. The van der Waals surface area contributed by atoms with Crippen LogP contribution in [0.25, 0.3) is 66.4 Å². The first-order valence-electron chi connectivity index (χ1n) is 23.6. The van der Waals surface area contributed by atoms with Gasteiger partial charge in [0.2, 0.25) is 0 Å². The van der Waals surface area contributed by atoms with Gasteiger partial charge in [-0.1, -0.05) is 188 Å². The monoisotopic (exact) mass is 688 g/mol. The second-order valence-electron chi connectivity index (χ2n) is 12.4. The van der Waals surface area contributed by atoms with Crippen LogP contribution in [-0.4, -0.2) is 0 Å². The molecule has 0 N–H and O–H groups in total. The Morgan fingerprint density at radius 3 is 1.45 bits per heavy atom. The second kappa shape index (κ2) is 14.3. The van der Waals surface area contributed by atoms with E-state index in [0.717, 1.165) is 44.2 Å². The minimum atomic E-state index is -0.771. The van der Waals surface area contributed by atoms with Gasteiger partial charge in [0.05, 0.1) is 17.8 Å². The van der Waals surface area contributed by atoms with Crippen LogP contribution in [0.3, 0.4) is 0 Å². The van der Waals surface area contributed by atoms with Gasteiger partial charge in [-0.15, -0.1) is 0 Å². The van der Waals surface area contributed by atoms with Gasteiger partial charge >= 0.3 is 0 Å². The van der Waals surface area contributed by atoms with Crippen LogP contribution in [-0.2, 0) is 0 Å². The third-order valence-electron chi connectivity index (χ3n) is 9.12. The summed E-state index contributed by atoms with van der Waals surface area (Å²) in [5.41, 5.74) is 4.58. The maximum atomic E-state index is 9.54. The molecular weight excluding hydrogens is 639 g/mol. The predicted octanol–water partition coefficient (Wildman–Crippen LogP) is 14.6. The SMILES string of the molecule is [2H]c1c([2H])c([2H])c(-c2c([2H])c([2H])c(-c3c([2H])c([2H])c(N(c4ccc(-c5ccc(-c6ccccc6)cc5)cc4)c4cccc(-c5cccc6ccccc56)c4)c([2H])c3[2H])c([2H])c2[2H])c([2H])c1[2H]. The van der Waals surface area contributed by atoms with Crippen LogP contribution in [0.2, 0.25) is 0 Å². The first kappa shape index (κ1) is 20.8. The third kappa shape index (κ3) is 6.65. The Balaban J connectivity index is 1.21. The molecule has 9 aromatic carbocycles. The van der Waals surface area contributed by atoms with Crippen molar-refractivity contribution in [2.24, 2.45) is 0 Å². The van der Waals surface area contributed by atoms with Gasteiger partial charge in [-0.2, -0.15) is 0 Å². The molecule has 0 aliphatic heterocycles. The Labute approximate surface area is 330 Å². The standard InChI is InChI=1S/C52H37N/c1-3-11-38(12-4-1)40-21-25-42(26-22-40)44-29-33-48(34-30-44)53(50-18-9-17-47(37-50)52-20-10-16-46-15-7-8-19-51(46)52)49-35-31-45(32-36-49)43-27-23-41(24-28-43)39-13-5-2-6-14-39/h1-37H/i1D,3D,4D,11D,12D,21D,22D,25D,26D,29D,30D,33D,34D. The van der Waals surface area contributed by atoms with Crippen molar-refractivity contribution in [3.05, 3.63) is 224 Å². The first-order valence-corrected chi connectivity index (χ1v) is 17.1. The zero-order chi connectivity index (χ0) is 46.7. The molecule has 0 spiro atoms. The topological polar surface area (TPSA) is 3.24 Å². The minimum absolute atomic E-state index is 0.130. The van der Waals surface area contributed by atoms with Crippen molar-refractivity contribution in [3.63, 3.8) is 0 Å². The van der Waals surface area contributed by atoms with E-state index in [-0.39, 0.29) is 5.69 Å². The van der Waals surface area contributed by atoms with Gasteiger partial charge < -0.3 is 4.90 Å². The number of rotatable bonds is 8. The lowest BCUT2D eigenvalue weighted by molar-refractivity contribution is 1.28. The fourth-order valence-electron chi connectivity index (χ4n) is 6.47. The molecule has 0 saturated carbocycles. The van der Waals surface area contributed by atoms with E-state index in [9.17, 15) is 5.48 Å². The van der Waals surface area contributed by atoms with E-state index < -0.39 is 101 Å². The summed E-state index contributed by atoms with van der Waals surface area (Å²) < 4.78 is 115. The maximum Gasteiger partial charge on any atom is 0.0645 e. The molecule has 0 fully saturated rings. The third-order valence-corrected chi connectivity index (χ3v) is 9.12. The van der Waals surface area contributed by atoms with Crippen LogP contribution >= 0.6 is 0 Å². The highest BCUT2D eigenvalue weighted by Crippen LogP contribution is 2.39. The van der Waals surface area contributed by atoms with Crippen molar-refractivity contribution >= 4 is 27.8 Å². The van der Waals surface area contributed by atoms with E-state index in [2.05, 4.69) is 12.1 Å². The van der Waals surface area contributed by atoms with Crippen LogP contribution in [0.15, 0.2) is 224 Å². The summed E-state index contributed by atoms with van der Waals surface area (Å²) in [6, 6.07) is 38.3. The van der Waals surface area contributed by atoms with Gasteiger partial charge in [0.25, 0.3) is 0 Å². The van der Waals surface area contributed by atoms with Crippen LogP contribution < -0.4 is 4.90 Å². The summed E-state index contributed by atoms with van der Waals surface area (Å²) in [5.74, 6) is 0. The lowest BCUT2D eigenvalue weighted by Gasteiger charge is -2.26. The van der Waals surface area contributed by atoms with Gasteiger partial charge in [-0.25, -0.2) is 0 Å². The van der Waals surface area contributed by atoms with Crippen molar-refractivity contribution < 1.29 is 17.8 Å². The molecule has 0 radical (unpaired) electrons. The molecule has 0 saturated heterocycles. The molecule has 9 rings (SSSR count). The Morgan fingerprint density at radius 1 is 0.302 bits per heavy atom. The molecule has 0 bridgehead atoms. The van der Waals surface area contributed by atoms with E-state index in [1.165, 1.54) is 0 Å². The van der Waals surface area contributed by atoms with E-state index in [4.69, 9.17) is 12.3 Å². The number of nitrogens with zero attached hydrogens (tertiary/aromatic N) is 1. The van der Waals surface area contributed by atoms with Gasteiger partial charge in [0, 0.05) is 17.1 Å². The predicted molar refractivity (Wildman–Crippen MR) is 226 cm³/mol. The summed E-state index contributed by atoms with van der Waals surface area (Å²) >= 11 is 0. The fraction of sp³-hybridized carbons (Fsp3) is 0. The summed E-state index contributed by atoms with van der Waals surface area (Å²) in [5, 5.41) is 2.05. The molecule has 1 nitrogen and oxygen atoms in total. The van der Waals surface area contributed by atoms with Gasteiger partial charge in [-0.05, 0) is 103 Å². The van der Waals surface area contributed by atoms with Crippen LogP contribution in [0.4, 0.5) is 17.1 Å². The van der Waals surface area contributed by atoms with Crippen molar-refractivity contribution in [1.82, 2.24) is 0 Å². The Kier molecular flexibility index (Phi) is 5.62. The van der Waals surface area contributed by atoms with Crippen LogP contribution in [0.1, 0.15) is 17.8 Å². The van der Waals surface area contributed by atoms with Crippen molar-refractivity contribution in [2.45, 2.75) is 0 Å². The van der Waals surface area contributed by atoms with E-state index in [1.54, 1.807) is 4.90 Å². The number of anilines is 3. The largest absolute Gasteiger partial charge is 0.310 e. The molecule has 9 aromatic rings. The number of hydrogen-bond donors (Lipinski definition) is 0. The smallest absolute Gasteiger partial charge is 0.0645 e. The highest BCUT2D eigenvalue weighted by atomic mass is 15.1. The van der Waals surface area contributed by atoms with Crippen molar-refractivity contribution in [1.29, 1.82) is 0 Å². The highest BCUT2D eigenvalue weighted by Gasteiger charge is 2.15. The Morgan fingerprint density at radius 2 is 0.792 bits per heavy atom. The molecule has 1 heteroatoms. The number of hydrogen-bond acceptors (Lipinski definition) is 1. The zero-order valence-electron chi connectivity index (χ0n) is 41.3. The summed E-state index contributed by atoms with van der Waals surface area (Å²) in [7, 11) is 0. The quantitative estimate of drug-likeness (QED) is 0.154. The van der Waals surface area contributed by atoms with Crippen LogP contribution in [0.5, 0.6) is 0 Å². The maximum absolute atomic E-state index is 9.54. The summed E-state index contributed by atoms with van der Waals surface area (Å²) in [4.78, 5) is 1.64. The lowest BCUT2D eigenvalue weighted by Crippen LogP contribution is -2.10. The highest BCUT2D eigenvalue weighted by molar-refractivity contribution is 5.97. The molecule has 0 aromatic heterocycles. The minimum Gasteiger partial charge on any atom is -0.310 e. The van der Waals surface area contributed by atoms with Gasteiger partial charge in [0.1, 0.15) is 0 Å². The fourth-order valence-corrected chi connectivity index (χ4v) is 6.47. The van der Waals surface area contributed by atoms with Gasteiger partial charge in [0.15, 0.2) is 0 Å². The van der Waals surface area contributed by atoms with Crippen LogP contribution in [0, 0.1) is 0 Å². The van der Waals surface area contributed by atoms with E-state index in [0.29, 0.717) is 11.4 Å². The van der Waals surface area contributed by atoms with Crippen molar-refractivity contribution in [3.8, 4) is 55.6 Å². The molecule has 0 aliphatic rings. The Hall–Kier alpha value is -6.96. The Bertz CT molecular complexity index is 3300. The van der Waals surface area contributed by atoms with E-state index >= 15 is 0 Å². The average molecular weight is 689 g/mol. The molecule has 0 aliphatic carbocycles. The molecule has 0 atom stereocenters. The molecule has 0 unspecified atom stereocenters. The molecule has 53 heavy (non-hydrogen) atoms.